The molecule has 4 heteroatoms. The molecule has 0 fully saturated rings. The van der Waals surface area contributed by atoms with Crippen molar-refractivity contribution in [2.24, 2.45) is 0 Å². The number of hydrogen-bond acceptors (Lipinski definition) is 3. The molecule has 1 aromatic rings. The lowest BCUT2D eigenvalue weighted by atomic mass is 10.3. The van der Waals surface area contributed by atoms with Crippen LogP contribution in [0.4, 0.5) is 0 Å². The van der Waals surface area contributed by atoms with Crippen LogP contribution in [0, 0.1) is 0 Å². The first kappa shape index (κ1) is 9.64. The van der Waals surface area contributed by atoms with Crippen LogP contribution < -0.4 is 0 Å². The van der Waals surface area contributed by atoms with Crippen molar-refractivity contribution in [1.82, 2.24) is 10.0 Å². The molecule has 12 heavy (non-hydrogen) atoms. The van der Waals surface area contributed by atoms with Gasteiger partial charge in [-0.05, 0) is 27.6 Å². The van der Waals surface area contributed by atoms with Crippen molar-refractivity contribution in [3.05, 3.63) is 28.5 Å². The molecule has 1 heterocycles. The first-order chi connectivity index (χ1) is 5.72. The normalized spacial score (nSPS) is 10.7. The lowest BCUT2D eigenvalue weighted by molar-refractivity contribution is -0.116. The minimum atomic E-state index is 0.739. The van der Waals surface area contributed by atoms with E-state index < -0.39 is 0 Å². The summed E-state index contributed by atoms with van der Waals surface area (Å²) in [6.45, 7) is 0.739. The predicted octanol–water partition coefficient (Wildman–Crippen LogP) is 1.84. The van der Waals surface area contributed by atoms with Gasteiger partial charge in [-0.2, -0.15) is 5.06 Å². The summed E-state index contributed by atoms with van der Waals surface area (Å²) in [6, 6.07) is 2.02. The van der Waals surface area contributed by atoms with Gasteiger partial charge < -0.3 is 4.84 Å². The maximum Gasteiger partial charge on any atom is 0.0575 e. The van der Waals surface area contributed by atoms with Gasteiger partial charge >= 0.3 is 0 Å². The fourth-order valence-corrected chi connectivity index (χ4v) is 1.28. The van der Waals surface area contributed by atoms with Gasteiger partial charge in [-0.25, -0.2) is 0 Å². The number of hydrogen-bond donors (Lipinski definition) is 0. The highest BCUT2D eigenvalue weighted by Gasteiger charge is 1.98. The molecule has 0 bridgehead atoms. The van der Waals surface area contributed by atoms with E-state index in [2.05, 4.69) is 20.9 Å². The summed E-state index contributed by atoms with van der Waals surface area (Å²) in [6.07, 6.45) is 3.58. The number of pyridine rings is 1. The van der Waals surface area contributed by atoms with E-state index in [1.807, 2.05) is 19.3 Å². The Kier molecular flexibility index (Phi) is 3.65. The van der Waals surface area contributed by atoms with E-state index in [9.17, 15) is 0 Å². The van der Waals surface area contributed by atoms with Crippen LogP contribution in [0.5, 0.6) is 0 Å². The number of hydroxylamine groups is 2. The van der Waals surface area contributed by atoms with E-state index in [1.165, 1.54) is 0 Å². The Balaban J connectivity index is 2.63. The molecule has 1 rings (SSSR count). The standard InChI is InChI=1S/C8H11BrN2O/c1-11(12-2)6-7-3-8(9)5-10-4-7/h3-5H,6H2,1-2H3. The van der Waals surface area contributed by atoms with Crippen LogP contribution in [0.3, 0.4) is 0 Å². The molecule has 0 atom stereocenters. The first-order valence-corrected chi connectivity index (χ1v) is 4.36. The van der Waals surface area contributed by atoms with Gasteiger partial charge in [0.15, 0.2) is 0 Å². The van der Waals surface area contributed by atoms with Crippen LogP contribution >= 0.6 is 15.9 Å². The monoisotopic (exact) mass is 230 g/mol. The van der Waals surface area contributed by atoms with Crippen molar-refractivity contribution >= 4 is 15.9 Å². The van der Waals surface area contributed by atoms with E-state index in [4.69, 9.17) is 4.84 Å². The van der Waals surface area contributed by atoms with E-state index in [0.29, 0.717) is 0 Å². The fraction of sp³-hybridized carbons (Fsp3) is 0.375. The fourth-order valence-electron chi connectivity index (χ4n) is 0.864. The largest absolute Gasteiger partial charge is 0.302 e. The highest BCUT2D eigenvalue weighted by Crippen LogP contribution is 2.10. The zero-order chi connectivity index (χ0) is 8.97. The maximum atomic E-state index is 4.98. The summed E-state index contributed by atoms with van der Waals surface area (Å²) in [7, 11) is 3.52. The molecule has 0 spiro atoms. The summed E-state index contributed by atoms with van der Waals surface area (Å²) in [4.78, 5) is 9.03. The summed E-state index contributed by atoms with van der Waals surface area (Å²) in [5.74, 6) is 0. The highest BCUT2D eigenvalue weighted by atomic mass is 79.9. The topological polar surface area (TPSA) is 25.4 Å². The summed E-state index contributed by atoms with van der Waals surface area (Å²) in [5.41, 5.74) is 1.12. The zero-order valence-electron chi connectivity index (χ0n) is 7.12. The molecule has 0 aliphatic carbocycles. The maximum absolute atomic E-state index is 4.98. The minimum absolute atomic E-state index is 0.739. The van der Waals surface area contributed by atoms with Crippen LogP contribution in [0.15, 0.2) is 22.9 Å². The molecule has 0 aromatic carbocycles. The lowest BCUT2D eigenvalue weighted by Crippen LogP contribution is -2.15. The molecular weight excluding hydrogens is 220 g/mol. The average Bonchev–Trinajstić information content (AvgIpc) is 2.04. The molecule has 0 radical (unpaired) electrons. The van der Waals surface area contributed by atoms with E-state index in [0.717, 1.165) is 16.6 Å². The second kappa shape index (κ2) is 4.54. The summed E-state index contributed by atoms with van der Waals surface area (Å²) < 4.78 is 0.990. The SMILES string of the molecule is CON(C)Cc1cncc(Br)c1. The molecule has 0 unspecified atom stereocenters. The van der Waals surface area contributed by atoms with Gasteiger partial charge in [0.1, 0.15) is 0 Å². The Morgan fingerprint density at radius 3 is 2.92 bits per heavy atom. The average molecular weight is 231 g/mol. The van der Waals surface area contributed by atoms with Crippen LogP contribution in [-0.4, -0.2) is 24.2 Å². The molecule has 1 aromatic heterocycles. The molecule has 0 saturated heterocycles. The van der Waals surface area contributed by atoms with Crippen molar-refractivity contribution in [2.45, 2.75) is 6.54 Å². The smallest absolute Gasteiger partial charge is 0.0575 e. The van der Waals surface area contributed by atoms with E-state index in [-0.39, 0.29) is 0 Å². The van der Waals surface area contributed by atoms with Crippen molar-refractivity contribution in [2.75, 3.05) is 14.2 Å². The van der Waals surface area contributed by atoms with Gasteiger partial charge in [-0.3, -0.25) is 4.98 Å². The number of rotatable bonds is 3. The molecule has 0 aliphatic rings. The van der Waals surface area contributed by atoms with Gasteiger partial charge in [0.2, 0.25) is 0 Å². The first-order valence-electron chi connectivity index (χ1n) is 3.57. The molecule has 0 amide bonds. The van der Waals surface area contributed by atoms with Crippen molar-refractivity contribution < 1.29 is 4.84 Å². The molecular formula is C8H11BrN2O. The third-order valence-corrected chi connectivity index (χ3v) is 1.91. The molecule has 3 nitrogen and oxygen atoms in total. The third-order valence-electron chi connectivity index (χ3n) is 1.48. The van der Waals surface area contributed by atoms with Gasteiger partial charge in [0, 0.05) is 23.9 Å². The van der Waals surface area contributed by atoms with Gasteiger partial charge in [0.05, 0.1) is 13.7 Å². The number of halogens is 1. The Hall–Kier alpha value is -0.450. The van der Waals surface area contributed by atoms with Crippen molar-refractivity contribution in [1.29, 1.82) is 0 Å². The molecule has 0 N–H and O–H groups in total. The second-order valence-electron chi connectivity index (χ2n) is 2.48. The Bertz CT molecular complexity index is 255. The molecule has 0 saturated carbocycles. The number of aromatic nitrogens is 1. The predicted molar refractivity (Wildman–Crippen MR) is 50.4 cm³/mol. The quantitative estimate of drug-likeness (QED) is 0.742. The summed E-state index contributed by atoms with van der Waals surface area (Å²) >= 11 is 3.35. The minimum Gasteiger partial charge on any atom is -0.302 e. The van der Waals surface area contributed by atoms with Crippen LogP contribution in [0.2, 0.25) is 0 Å². The Morgan fingerprint density at radius 1 is 1.58 bits per heavy atom. The Labute approximate surface area is 80.4 Å². The third kappa shape index (κ3) is 2.89. The lowest BCUT2D eigenvalue weighted by Gasteiger charge is -2.12. The second-order valence-corrected chi connectivity index (χ2v) is 3.40. The van der Waals surface area contributed by atoms with Crippen molar-refractivity contribution in [3.8, 4) is 0 Å². The number of nitrogens with zero attached hydrogens (tertiary/aromatic N) is 2. The van der Waals surface area contributed by atoms with Crippen molar-refractivity contribution in [3.63, 3.8) is 0 Å². The van der Waals surface area contributed by atoms with Crippen LogP contribution in [-0.2, 0) is 11.4 Å². The molecule has 66 valence electrons. The molecule has 0 aliphatic heterocycles. The van der Waals surface area contributed by atoms with Crippen LogP contribution in [0.1, 0.15) is 5.56 Å². The zero-order valence-corrected chi connectivity index (χ0v) is 8.71. The highest BCUT2D eigenvalue weighted by molar-refractivity contribution is 9.10. The van der Waals surface area contributed by atoms with Crippen LogP contribution in [0.25, 0.3) is 0 Å². The van der Waals surface area contributed by atoms with E-state index in [1.54, 1.807) is 18.4 Å². The van der Waals surface area contributed by atoms with E-state index >= 15 is 0 Å². The van der Waals surface area contributed by atoms with Gasteiger partial charge in [0.25, 0.3) is 0 Å². The van der Waals surface area contributed by atoms with Gasteiger partial charge in [-0.1, -0.05) is 0 Å². The summed E-state index contributed by atoms with van der Waals surface area (Å²) in [5, 5.41) is 1.74. The Morgan fingerprint density at radius 2 is 2.33 bits per heavy atom. The van der Waals surface area contributed by atoms with Gasteiger partial charge in [-0.15, -0.1) is 0 Å².